The molecule has 0 bridgehead atoms. The Morgan fingerprint density at radius 3 is 2.45 bits per heavy atom. The third kappa shape index (κ3) is 4.57. The molecule has 4 rings (SSSR count). The van der Waals surface area contributed by atoms with Gasteiger partial charge in [-0.25, -0.2) is 0 Å². The Kier molecular flexibility index (Phi) is 5.49. The van der Waals surface area contributed by atoms with E-state index in [1.54, 1.807) is 42.5 Å². The highest BCUT2D eigenvalue weighted by Crippen LogP contribution is 2.42. The van der Waals surface area contributed by atoms with Gasteiger partial charge in [0.25, 0.3) is 5.91 Å². The monoisotopic (exact) mass is 466 g/mol. The first kappa shape index (κ1) is 21.3. The van der Waals surface area contributed by atoms with Crippen LogP contribution in [0.25, 0.3) is 0 Å². The van der Waals surface area contributed by atoms with Gasteiger partial charge in [-0.3, -0.25) is 4.79 Å². The fraction of sp³-hybridized carbons (Fsp3) is 0.136. The van der Waals surface area contributed by atoms with Crippen LogP contribution in [0.5, 0.6) is 5.75 Å². The number of hydrogen-bond acceptors (Lipinski definition) is 3. The van der Waals surface area contributed by atoms with Gasteiger partial charge in [0.2, 0.25) is 0 Å². The van der Waals surface area contributed by atoms with Gasteiger partial charge in [0.05, 0.1) is 0 Å². The lowest BCUT2D eigenvalue weighted by molar-refractivity contribution is -0.274. The van der Waals surface area contributed by atoms with Crippen LogP contribution in [0, 0.1) is 0 Å². The molecule has 160 valence electrons. The zero-order valence-corrected chi connectivity index (χ0v) is 17.3. The average molecular weight is 467 g/mol. The molecule has 31 heavy (non-hydrogen) atoms. The molecule has 1 heterocycles. The van der Waals surface area contributed by atoms with Gasteiger partial charge in [-0.2, -0.15) is 0 Å². The van der Waals surface area contributed by atoms with Crippen LogP contribution >= 0.6 is 23.2 Å². The number of hydrogen-bond donors (Lipinski definition) is 2. The second-order valence-corrected chi connectivity index (χ2v) is 7.93. The molecule has 2 N–H and O–H groups in total. The Labute approximate surface area is 185 Å². The van der Waals surface area contributed by atoms with Crippen molar-refractivity contribution < 1.29 is 22.7 Å². The number of fused-ring (bicyclic) bond motifs is 1. The minimum atomic E-state index is -4.83. The van der Waals surface area contributed by atoms with Crippen molar-refractivity contribution in [3.63, 3.8) is 0 Å². The van der Waals surface area contributed by atoms with Crippen LogP contribution in [0.15, 0.2) is 66.7 Å². The van der Waals surface area contributed by atoms with E-state index in [1.807, 2.05) is 6.07 Å². The number of ether oxygens (including phenoxy) is 1. The summed E-state index contributed by atoms with van der Waals surface area (Å²) in [7, 11) is 0. The summed E-state index contributed by atoms with van der Waals surface area (Å²) >= 11 is 12.2. The number of nitrogens with one attached hydrogen (secondary N) is 2. The van der Waals surface area contributed by atoms with Crippen LogP contribution in [-0.4, -0.2) is 12.3 Å². The van der Waals surface area contributed by atoms with E-state index in [4.69, 9.17) is 23.2 Å². The molecular weight excluding hydrogens is 452 g/mol. The number of alkyl halides is 3. The van der Waals surface area contributed by atoms with Gasteiger partial charge in [0.1, 0.15) is 11.3 Å². The molecule has 0 saturated carbocycles. The molecule has 9 heteroatoms. The summed E-state index contributed by atoms with van der Waals surface area (Å²) in [5, 5.41) is 6.88. The van der Waals surface area contributed by atoms with Gasteiger partial charge in [-0.1, -0.05) is 47.5 Å². The summed E-state index contributed by atoms with van der Waals surface area (Å²) in [5.41, 5.74) is 0.877. The van der Waals surface area contributed by atoms with Gasteiger partial charge >= 0.3 is 6.36 Å². The third-order valence-corrected chi connectivity index (χ3v) is 5.33. The van der Waals surface area contributed by atoms with Crippen molar-refractivity contribution in [1.29, 1.82) is 0 Å². The van der Waals surface area contributed by atoms with E-state index in [2.05, 4.69) is 15.4 Å². The first-order valence-corrected chi connectivity index (χ1v) is 9.90. The molecule has 1 atom stereocenters. The molecule has 1 unspecified atom stereocenters. The molecular formula is C22H15Cl2F3N2O2. The predicted molar refractivity (Wildman–Crippen MR) is 114 cm³/mol. The van der Waals surface area contributed by atoms with Crippen LogP contribution in [0.1, 0.15) is 11.1 Å². The molecule has 0 fully saturated rings. The lowest BCUT2D eigenvalue weighted by Gasteiger charge is -2.30. The van der Waals surface area contributed by atoms with E-state index < -0.39 is 17.7 Å². The Bertz CT molecular complexity index is 1150. The maximum absolute atomic E-state index is 13.2. The summed E-state index contributed by atoms with van der Waals surface area (Å²) in [5.74, 6) is -0.767. The van der Waals surface area contributed by atoms with E-state index in [9.17, 15) is 18.0 Å². The van der Waals surface area contributed by atoms with Gasteiger partial charge in [0, 0.05) is 39.5 Å². The highest BCUT2D eigenvalue weighted by atomic mass is 35.5. The molecule has 3 aromatic rings. The molecule has 4 nitrogen and oxygen atoms in total. The third-order valence-electron chi connectivity index (χ3n) is 4.86. The van der Waals surface area contributed by atoms with Crippen molar-refractivity contribution in [2.24, 2.45) is 0 Å². The highest BCUT2D eigenvalue weighted by molar-refractivity contribution is 6.31. The second kappa shape index (κ2) is 7.98. The normalized spacial score (nSPS) is 17.8. The number of amides is 1. The lowest BCUT2D eigenvalue weighted by atomic mass is 9.84. The van der Waals surface area contributed by atoms with Crippen molar-refractivity contribution in [2.45, 2.75) is 18.3 Å². The Hall–Kier alpha value is -2.90. The largest absolute Gasteiger partial charge is 0.573 e. The van der Waals surface area contributed by atoms with E-state index in [1.165, 1.54) is 18.2 Å². The number of rotatable bonds is 5. The number of benzene rings is 3. The summed E-state index contributed by atoms with van der Waals surface area (Å²) in [6.07, 6.45) is -4.64. The zero-order valence-electron chi connectivity index (χ0n) is 15.8. The Morgan fingerprint density at radius 2 is 1.71 bits per heavy atom. The molecule has 0 radical (unpaired) electrons. The van der Waals surface area contributed by atoms with Crippen LogP contribution in [0.4, 0.5) is 24.5 Å². The van der Waals surface area contributed by atoms with Crippen molar-refractivity contribution in [2.75, 3.05) is 10.6 Å². The maximum atomic E-state index is 13.2. The maximum Gasteiger partial charge on any atom is 0.573 e. The van der Waals surface area contributed by atoms with Crippen LogP contribution in [0.3, 0.4) is 0 Å². The highest BCUT2D eigenvalue weighted by Gasteiger charge is 2.47. The van der Waals surface area contributed by atoms with Gasteiger partial charge < -0.3 is 15.4 Å². The molecule has 0 aliphatic carbocycles. The number of halogens is 5. The minimum Gasteiger partial charge on any atom is -0.406 e. The molecule has 3 aromatic carbocycles. The molecule has 0 saturated heterocycles. The Balaban J connectivity index is 1.78. The van der Waals surface area contributed by atoms with Gasteiger partial charge in [-0.15, -0.1) is 13.2 Å². The quantitative estimate of drug-likeness (QED) is 0.457. The fourth-order valence-corrected chi connectivity index (χ4v) is 4.04. The van der Waals surface area contributed by atoms with Crippen molar-refractivity contribution >= 4 is 40.5 Å². The van der Waals surface area contributed by atoms with E-state index in [-0.39, 0.29) is 18.0 Å². The summed E-state index contributed by atoms with van der Waals surface area (Å²) in [4.78, 5) is 13.2. The minimum absolute atomic E-state index is 0.193. The van der Waals surface area contributed by atoms with E-state index >= 15 is 0 Å². The van der Waals surface area contributed by atoms with E-state index in [0.717, 1.165) is 5.56 Å². The standard InChI is InChI=1S/C22H15Cl2F3N2O2/c23-14-4-1-3-13(9-14)12-21(18-8-7-15(24)10-19(18)28-20(21)30)29-16-5-2-6-17(11-16)31-22(25,26)27/h1-11,29H,12H2,(H,28,30). The fourth-order valence-electron chi connectivity index (χ4n) is 3.66. The summed E-state index contributed by atoms with van der Waals surface area (Å²) < 4.78 is 41.9. The lowest BCUT2D eigenvalue weighted by Crippen LogP contribution is -2.44. The van der Waals surface area contributed by atoms with Crippen LogP contribution in [0.2, 0.25) is 10.0 Å². The van der Waals surface area contributed by atoms with Gasteiger partial charge in [0.15, 0.2) is 0 Å². The molecule has 0 aromatic heterocycles. The number of carbonyl (C=O) groups is 1. The predicted octanol–water partition coefficient (Wildman–Crippen LogP) is 6.39. The zero-order chi connectivity index (χ0) is 22.2. The molecule has 0 spiro atoms. The number of anilines is 2. The van der Waals surface area contributed by atoms with E-state index in [0.29, 0.717) is 21.3 Å². The van der Waals surface area contributed by atoms with Crippen LogP contribution in [-0.2, 0) is 16.8 Å². The van der Waals surface area contributed by atoms with Crippen molar-refractivity contribution in [3.8, 4) is 5.75 Å². The second-order valence-electron chi connectivity index (χ2n) is 7.06. The molecule has 1 amide bonds. The van der Waals surface area contributed by atoms with Crippen LogP contribution < -0.4 is 15.4 Å². The van der Waals surface area contributed by atoms with Crippen molar-refractivity contribution in [1.82, 2.24) is 0 Å². The molecule has 1 aliphatic rings. The Morgan fingerprint density at radius 1 is 0.968 bits per heavy atom. The smallest absolute Gasteiger partial charge is 0.406 e. The topological polar surface area (TPSA) is 50.4 Å². The SMILES string of the molecule is O=C1Nc2cc(Cl)ccc2C1(Cc1cccc(Cl)c1)Nc1cccc(OC(F)(F)F)c1. The molecule has 1 aliphatic heterocycles. The first-order chi connectivity index (χ1) is 14.6. The van der Waals surface area contributed by atoms with Gasteiger partial charge in [-0.05, 0) is 42.0 Å². The average Bonchev–Trinajstić information content (AvgIpc) is 2.91. The first-order valence-electron chi connectivity index (χ1n) is 9.15. The van der Waals surface area contributed by atoms with Crippen molar-refractivity contribution in [3.05, 3.63) is 87.9 Å². The summed E-state index contributed by atoms with van der Waals surface area (Å²) in [6, 6.07) is 17.4. The number of carbonyl (C=O) groups excluding carboxylic acids is 1. The summed E-state index contributed by atoms with van der Waals surface area (Å²) in [6.45, 7) is 0.